The number of rotatable bonds is 14. The fraction of sp³-hybridized carbons (Fsp3) is 0.458. The standard InChI is InChI=1S/C24H33NO5/c1-3-29-24(30-4-2)14-15-25(18-21-8-6-5-7-9-21)22(26)16-19-10-12-20(13-11-19)17-23(27)28/h5-13,22,24,26H,3-4,14-18H2,1-2H3,(H,27,28). The fourth-order valence-corrected chi connectivity index (χ4v) is 3.32. The van der Waals surface area contributed by atoms with Gasteiger partial charge in [-0.05, 0) is 30.5 Å². The molecule has 2 N–H and O–H groups in total. The molecule has 1 atom stereocenters. The summed E-state index contributed by atoms with van der Waals surface area (Å²) >= 11 is 0. The smallest absolute Gasteiger partial charge is 0.307 e. The first-order valence-corrected chi connectivity index (χ1v) is 10.5. The normalized spacial score (nSPS) is 12.4. The van der Waals surface area contributed by atoms with Crippen molar-refractivity contribution in [3.05, 3.63) is 71.3 Å². The van der Waals surface area contributed by atoms with Gasteiger partial charge in [0.05, 0.1) is 6.42 Å². The molecule has 1 unspecified atom stereocenters. The molecular weight excluding hydrogens is 382 g/mol. The SMILES string of the molecule is CCOC(CCN(Cc1ccccc1)C(O)Cc1ccc(CC(=O)O)cc1)OCC. The minimum absolute atomic E-state index is 0.000782. The molecular formula is C24H33NO5. The number of nitrogens with zero attached hydrogens (tertiary/aromatic N) is 1. The molecule has 30 heavy (non-hydrogen) atoms. The molecule has 0 aliphatic rings. The number of aliphatic hydroxyl groups excluding tert-OH is 1. The van der Waals surface area contributed by atoms with Crippen LogP contribution in [-0.2, 0) is 33.7 Å². The Bertz CT molecular complexity index is 729. The van der Waals surface area contributed by atoms with Gasteiger partial charge < -0.3 is 19.7 Å². The first-order chi connectivity index (χ1) is 14.5. The van der Waals surface area contributed by atoms with Crippen molar-refractivity contribution in [3.8, 4) is 0 Å². The largest absolute Gasteiger partial charge is 0.481 e. The van der Waals surface area contributed by atoms with Crippen molar-refractivity contribution in [2.24, 2.45) is 0 Å². The van der Waals surface area contributed by atoms with E-state index in [2.05, 4.69) is 0 Å². The van der Waals surface area contributed by atoms with Gasteiger partial charge in [0, 0.05) is 39.1 Å². The van der Waals surface area contributed by atoms with Crippen LogP contribution in [0.15, 0.2) is 54.6 Å². The second-order valence-electron chi connectivity index (χ2n) is 7.16. The van der Waals surface area contributed by atoms with Gasteiger partial charge in [-0.1, -0.05) is 54.6 Å². The lowest BCUT2D eigenvalue weighted by molar-refractivity contribution is -0.146. The molecule has 164 valence electrons. The van der Waals surface area contributed by atoms with Crippen LogP contribution in [0.5, 0.6) is 0 Å². The van der Waals surface area contributed by atoms with E-state index < -0.39 is 12.2 Å². The number of hydrogen-bond donors (Lipinski definition) is 2. The highest BCUT2D eigenvalue weighted by atomic mass is 16.7. The molecule has 0 spiro atoms. The van der Waals surface area contributed by atoms with Crippen LogP contribution in [-0.4, -0.2) is 53.4 Å². The number of carboxylic acid groups (broad SMARTS) is 1. The lowest BCUT2D eigenvalue weighted by Gasteiger charge is -2.29. The van der Waals surface area contributed by atoms with Crippen LogP contribution < -0.4 is 0 Å². The van der Waals surface area contributed by atoms with Crippen molar-refractivity contribution in [2.45, 2.75) is 52.2 Å². The van der Waals surface area contributed by atoms with Crippen LogP contribution in [0.2, 0.25) is 0 Å². The molecule has 0 aromatic heterocycles. The van der Waals surface area contributed by atoms with Crippen LogP contribution >= 0.6 is 0 Å². The molecule has 0 amide bonds. The predicted molar refractivity (Wildman–Crippen MR) is 116 cm³/mol. The number of carboxylic acids is 1. The van der Waals surface area contributed by atoms with E-state index in [4.69, 9.17) is 14.6 Å². The number of benzene rings is 2. The van der Waals surface area contributed by atoms with Gasteiger partial charge in [-0.25, -0.2) is 0 Å². The van der Waals surface area contributed by atoms with Gasteiger partial charge in [0.2, 0.25) is 0 Å². The molecule has 0 radical (unpaired) electrons. The van der Waals surface area contributed by atoms with Crippen LogP contribution in [0.4, 0.5) is 0 Å². The molecule has 0 saturated carbocycles. The highest BCUT2D eigenvalue weighted by Crippen LogP contribution is 2.15. The van der Waals surface area contributed by atoms with E-state index in [9.17, 15) is 9.90 Å². The Labute approximate surface area is 179 Å². The summed E-state index contributed by atoms with van der Waals surface area (Å²) in [6.45, 7) is 6.28. The van der Waals surface area contributed by atoms with E-state index in [-0.39, 0.29) is 12.7 Å². The summed E-state index contributed by atoms with van der Waals surface area (Å²) in [5.74, 6) is -0.852. The van der Waals surface area contributed by atoms with Crippen molar-refractivity contribution in [2.75, 3.05) is 19.8 Å². The van der Waals surface area contributed by atoms with E-state index in [0.717, 1.165) is 16.7 Å². The Morgan fingerprint density at radius 1 is 0.933 bits per heavy atom. The topological polar surface area (TPSA) is 79.2 Å². The van der Waals surface area contributed by atoms with E-state index in [1.54, 1.807) is 12.1 Å². The zero-order valence-electron chi connectivity index (χ0n) is 17.9. The molecule has 2 aromatic carbocycles. The minimum Gasteiger partial charge on any atom is -0.481 e. The van der Waals surface area contributed by atoms with Crippen molar-refractivity contribution in [1.29, 1.82) is 0 Å². The second-order valence-corrected chi connectivity index (χ2v) is 7.16. The lowest BCUT2D eigenvalue weighted by atomic mass is 10.1. The van der Waals surface area contributed by atoms with Crippen molar-refractivity contribution >= 4 is 5.97 Å². The molecule has 0 aliphatic carbocycles. The molecule has 6 nitrogen and oxygen atoms in total. The highest BCUT2D eigenvalue weighted by Gasteiger charge is 2.19. The van der Waals surface area contributed by atoms with Crippen LogP contribution in [0.25, 0.3) is 0 Å². The summed E-state index contributed by atoms with van der Waals surface area (Å²) in [4.78, 5) is 12.9. The highest BCUT2D eigenvalue weighted by molar-refractivity contribution is 5.70. The second kappa shape index (κ2) is 13.1. The van der Waals surface area contributed by atoms with Crippen LogP contribution in [0.3, 0.4) is 0 Å². The summed E-state index contributed by atoms with van der Waals surface area (Å²) < 4.78 is 11.3. The van der Waals surface area contributed by atoms with Gasteiger partial charge in [-0.3, -0.25) is 9.69 Å². The maximum absolute atomic E-state index is 11.0. The number of carbonyl (C=O) groups is 1. The van der Waals surface area contributed by atoms with Gasteiger partial charge >= 0.3 is 5.97 Å². The predicted octanol–water partition coefficient (Wildman–Crippen LogP) is 3.47. The Kier molecular flexibility index (Phi) is 10.5. The Morgan fingerprint density at radius 3 is 2.10 bits per heavy atom. The fourth-order valence-electron chi connectivity index (χ4n) is 3.32. The van der Waals surface area contributed by atoms with Crippen molar-refractivity contribution in [1.82, 2.24) is 4.90 Å². The molecule has 0 bridgehead atoms. The van der Waals surface area contributed by atoms with Gasteiger partial charge in [0.1, 0.15) is 6.23 Å². The minimum atomic E-state index is -0.852. The van der Waals surface area contributed by atoms with Crippen LogP contribution in [0.1, 0.15) is 37.0 Å². The van der Waals surface area contributed by atoms with E-state index in [1.807, 2.05) is 61.2 Å². The molecule has 6 heteroatoms. The van der Waals surface area contributed by atoms with E-state index in [1.165, 1.54) is 0 Å². The summed E-state index contributed by atoms with van der Waals surface area (Å²) in [6.07, 6.45) is 0.136. The van der Waals surface area contributed by atoms with Gasteiger partial charge in [-0.15, -0.1) is 0 Å². The summed E-state index contributed by atoms with van der Waals surface area (Å²) in [7, 11) is 0. The summed E-state index contributed by atoms with van der Waals surface area (Å²) in [5.41, 5.74) is 2.83. The average molecular weight is 416 g/mol. The zero-order valence-corrected chi connectivity index (χ0v) is 17.9. The molecule has 0 heterocycles. The summed E-state index contributed by atoms with van der Waals surface area (Å²) in [6, 6.07) is 17.4. The third-order valence-corrected chi connectivity index (χ3v) is 4.80. The van der Waals surface area contributed by atoms with Gasteiger partial charge in [-0.2, -0.15) is 0 Å². The number of aliphatic hydroxyl groups is 1. The average Bonchev–Trinajstić information content (AvgIpc) is 2.73. The van der Waals surface area contributed by atoms with E-state index in [0.29, 0.717) is 39.1 Å². The monoisotopic (exact) mass is 415 g/mol. The number of aliphatic carboxylic acids is 1. The molecule has 2 aromatic rings. The Hall–Kier alpha value is -2.25. The Morgan fingerprint density at radius 2 is 1.53 bits per heavy atom. The zero-order chi connectivity index (χ0) is 21.8. The maximum atomic E-state index is 11.0. The summed E-state index contributed by atoms with van der Waals surface area (Å²) in [5, 5.41) is 19.9. The molecule has 2 rings (SSSR count). The maximum Gasteiger partial charge on any atom is 0.307 e. The quantitative estimate of drug-likeness (QED) is 0.460. The van der Waals surface area contributed by atoms with Crippen LogP contribution in [0, 0.1) is 0 Å². The first-order valence-electron chi connectivity index (χ1n) is 10.5. The van der Waals surface area contributed by atoms with Crippen molar-refractivity contribution in [3.63, 3.8) is 0 Å². The van der Waals surface area contributed by atoms with Gasteiger partial charge in [0.25, 0.3) is 0 Å². The first kappa shape index (κ1) is 24.0. The Balaban J connectivity index is 2.04. The van der Waals surface area contributed by atoms with E-state index >= 15 is 0 Å². The van der Waals surface area contributed by atoms with Gasteiger partial charge in [0.15, 0.2) is 6.29 Å². The third-order valence-electron chi connectivity index (χ3n) is 4.80. The molecule has 0 aliphatic heterocycles. The third kappa shape index (κ3) is 8.63. The molecule has 0 fully saturated rings. The number of ether oxygens (including phenoxy) is 2. The molecule has 0 saturated heterocycles. The lowest BCUT2D eigenvalue weighted by Crippen LogP contribution is -2.38. The number of hydrogen-bond acceptors (Lipinski definition) is 5. The van der Waals surface area contributed by atoms with Crippen molar-refractivity contribution < 1.29 is 24.5 Å².